The van der Waals surface area contributed by atoms with Crippen LogP contribution in [0.15, 0.2) is 28.7 Å². The molecule has 16 heavy (non-hydrogen) atoms. The van der Waals surface area contributed by atoms with Crippen molar-refractivity contribution in [3.8, 4) is 0 Å². The molecule has 2 saturated heterocycles. The van der Waals surface area contributed by atoms with Crippen LogP contribution in [-0.4, -0.2) is 26.2 Å². The molecule has 0 saturated carbocycles. The molecule has 3 rings (SSSR count). The van der Waals surface area contributed by atoms with Crippen LogP contribution in [0.1, 0.15) is 6.42 Å². The molecule has 1 N–H and O–H groups in total. The third-order valence-electron chi connectivity index (χ3n) is 3.68. The maximum absolute atomic E-state index is 3.65. The van der Waals surface area contributed by atoms with Crippen LogP contribution in [0.25, 0.3) is 0 Å². The Morgan fingerprint density at radius 2 is 1.81 bits per heavy atom. The van der Waals surface area contributed by atoms with E-state index in [-0.39, 0.29) is 0 Å². The van der Waals surface area contributed by atoms with E-state index in [2.05, 4.69) is 50.4 Å². The molecule has 3 heteroatoms. The highest BCUT2D eigenvalue weighted by atomic mass is 79.9. The van der Waals surface area contributed by atoms with Gasteiger partial charge in [0.25, 0.3) is 0 Å². The first-order valence-electron chi connectivity index (χ1n) is 6.03. The fraction of sp³-hybridized carbons (Fsp3) is 0.538. The van der Waals surface area contributed by atoms with Crippen LogP contribution < -0.4 is 10.2 Å². The number of nitrogens with one attached hydrogen (secondary N) is 1. The van der Waals surface area contributed by atoms with Crippen molar-refractivity contribution in [3.63, 3.8) is 0 Å². The normalized spacial score (nSPS) is 29.2. The van der Waals surface area contributed by atoms with Crippen LogP contribution in [0.3, 0.4) is 0 Å². The first-order valence-corrected chi connectivity index (χ1v) is 6.82. The van der Waals surface area contributed by atoms with Gasteiger partial charge in [-0.1, -0.05) is 12.1 Å². The Bertz CT molecular complexity index is 368. The standard InChI is InChI=1S/C13H17BrN2/c14-12-3-1-2-4-13(12)16-8-10-5-11(9-16)7-15-6-10/h1-4,10-11,15H,5-9H2. The molecule has 2 heterocycles. The topological polar surface area (TPSA) is 15.3 Å². The molecule has 0 spiro atoms. The van der Waals surface area contributed by atoms with Crippen LogP contribution >= 0.6 is 15.9 Å². The van der Waals surface area contributed by atoms with Gasteiger partial charge in [0.2, 0.25) is 0 Å². The van der Waals surface area contributed by atoms with Crippen LogP contribution in [0.5, 0.6) is 0 Å². The number of hydrogen-bond acceptors (Lipinski definition) is 2. The molecule has 2 aliphatic rings. The zero-order valence-corrected chi connectivity index (χ0v) is 10.9. The summed E-state index contributed by atoms with van der Waals surface area (Å²) >= 11 is 3.65. The van der Waals surface area contributed by atoms with Crippen molar-refractivity contribution in [2.24, 2.45) is 11.8 Å². The summed E-state index contributed by atoms with van der Waals surface area (Å²) in [6.07, 6.45) is 1.41. The van der Waals surface area contributed by atoms with E-state index in [9.17, 15) is 0 Å². The highest BCUT2D eigenvalue weighted by Crippen LogP contribution is 2.32. The van der Waals surface area contributed by atoms with E-state index in [4.69, 9.17) is 0 Å². The lowest BCUT2D eigenvalue weighted by Crippen LogP contribution is -2.51. The van der Waals surface area contributed by atoms with Gasteiger partial charge in [0.1, 0.15) is 0 Å². The Balaban J connectivity index is 1.83. The number of halogens is 1. The van der Waals surface area contributed by atoms with E-state index in [1.165, 1.54) is 42.8 Å². The Morgan fingerprint density at radius 1 is 1.12 bits per heavy atom. The SMILES string of the molecule is Brc1ccccc1N1CC2CNCC(C2)C1. The lowest BCUT2D eigenvalue weighted by Gasteiger charge is -2.43. The number of nitrogens with zero attached hydrogens (tertiary/aromatic N) is 1. The van der Waals surface area contributed by atoms with Gasteiger partial charge in [0.15, 0.2) is 0 Å². The molecular weight excluding hydrogens is 264 g/mol. The molecule has 2 aliphatic heterocycles. The molecule has 0 aromatic heterocycles. The van der Waals surface area contributed by atoms with Crippen molar-refractivity contribution < 1.29 is 0 Å². The molecule has 2 nitrogen and oxygen atoms in total. The quantitative estimate of drug-likeness (QED) is 0.851. The molecule has 2 atom stereocenters. The largest absolute Gasteiger partial charge is 0.370 e. The molecule has 86 valence electrons. The predicted octanol–water partition coefficient (Wildman–Crippen LogP) is 2.49. The number of fused-ring (bicyclic) bond motifs is 2. The molecule has 2 fully saturated rings. The zero-order valence-electron chi connectivity index (χ0n) is 9.32. The molecule has 2 unspecified atom stereocenters. The average molecular weight is 281 g/mol. The third kappa shape index (κ3) is 1.98. The van der Waals surface area contributed by atoms with Crippen LogP contribution in [0, 0.1) is 11.8 Å². The minimum atomic E-state index is 0.833. The lowest BCUT2D eigenvalue weighted by atomic mass is 9.85. The first-order chi connectivity index (χ1) is 7.83. The van der Waals surface area contributed by atoms with Gasteiger partial charge in [0, 0.05) is 17.6 Å². The molecule has 0 radical (unpaired) electrons. The van der Waals surface area contributed by atoms with Gasteiger partial charge < -0.3 is 10.2 Å². The number of benzene rings is 1. The fourth-order valence-corrected chi connectivity index (χ4v) is 3.55. The van der Waals surface area contributed by atoms with Crippen molar-refractivity contribution >= 4 is 21.6 Å². The van der Waals surface area contributed by atoms with Gasteiger partial charge in [-0.15, -0.1) is 0 Å². The van der Waals surface area contributed by atoms with Crippen molar-refractivity contribution in [1.29, 1.82) is 0 Å². The van der Waals surface area contributed by atoms with Gasteiger partial charge in [0.05, 0.1) is 5.69 Å². The summed E-state index contributed by atoms with van der Waals surface area (Å²) in [6, 6.07) is 8.57. The number of piperidine rings is 2. The fourth-order valence-electron chi connectivity index (χ4n) is 3.01. The van der Waals surface area contributed by atoms with Crippen molar-refractivity contribution in [3.05, 3.63) is 28.7 Å². The molecule has 1 aromatic carbocycles. The Morgan fingerprint density at radius 3 is 2.50 bits per heavy atom. The highest BCUT2D eigenvalue weighted by molar-refractivity contribution is 9.10. The molecule has 0 amide bonds. The lowest BCUT2D eigenvalue weighted by molar-refractivity contribution is 0.249. The smallest absolute Gasteiger partial charge is 0.0510 e. The minimum absolute atomic E-state index is 0.833. The number of rotatable bonds is 1. The van der Waals surface area contributed by atoms with Crippen LogP contribution in [0.2, 0.25) is 0 Å². The second-order valence-corrected chi connectivity index (χ2v) is 5.84. The summed E-state index contributed by atoms with van der Waals surface area (Å²) < 4.78 is 1.22. The van der Waals surface area contributed by atoms with E-state index in [1.807, 2.05) is 0 Å². The third-order valence-corrected chi connectivity index (χ3v) is 4.35. The zero-order chi connectivity index (χ0) is 11.0. The van der Waals surface area contributed by atoms with Gasteiger partial charge in [-0.2, -0.15) is 0 Å². The average Bonchev–Trinajstić information content (AvgIpc) is 2.29. The number of para-hydroxylation sites is 1. The molecule has 0 aliphatic carbocycles. The summed E-state index contributed by atoms with van der Waals surface area (Å²) in [4.78, 5) is 2.55. The monoisotopic (exact) mass is 280 g/mol. The van der Waals surface area contributed by atoms with Crippen LogP contribution in [0.4, 0.5) is 5.69 Å². The Labute approximate surface area is 105 Å². The summed E-state index contributed by atoms with van der Waals surface area (Å²) in [5.41, 5.74) is 1.36. The second kappa shape index (κ2) is 4.38. The number of hydrogen-bond donors (Lipinski definition) is 1. The van der Waals surface area contributed by atoms with Gasteiger partial charge in [-0.3, -0.25) is 0 Å². The minimum Gasteiger partial charge on any atom is -0.370 e. The summed E-state index contributed by atoms with van der Waals surface area (Å²) in [5, 5.41) is 3.54. The maximum Gasteiger partial charge on any atom is 0.0510 e. The van der Waals surface area contributed by atoms with Crippen molar-refractivity contribution in [2.75, 3.05) is 31.1 Å². The molecule has 1 aromatic rings. The highest BCUT2D eigenvalue weighted by Gasteiger charge is 2.30. The summed E-state index contributed by atoms with van der Waals surface area (Å²) in [7, 11) is 0. The second-order valence-electron chi connectivity index (χ2n) is 4.98. The maximum atomic E-state index is 3.65. The van der Waals surface area contributed by atoms with E-state index in [1.54, 1.807) is 0 Å². The first kappa shape index (κ1) is 10.6. The van der Waals surface area contributed by atoms with E-state index >= 15 is 0 Å². The van der Waals surface area contributed by atoms with E-state index < -0.39 is 0 Å². The van der Waals surface area contributed by atoms with Crippen molar-refractivity contribution in [1.82, 2.24) is 5.32 Å². The van der Waals surface area contributed by atoms with E-state index in [0.717, 1.165) is 11.8 Å². The molecule has 2 bridgehead atoms. The summed E-state index contributed by atoms with van der Waals surface area (Å²) in [5.74, 6) is 1.67. The van der Waals surface area contributed by atoms with Gasteiger partial charge in [-0.25, -0.2) is 0 Å². The summed E-state index contributed by atoms with van der Waals surface area (Å²) in [6.45, 7) is 4.78. The van der Waals surface area contributed by atoms with Gasteiger partial charge >= 0.3 is 0 Å². The Kier molecular flexibility index (Phi) is 2.90. The Hall–Kier alpha value is -0.540. The number of anilines is 1. The van der Waals surface area contributed by atoms with Crippen molar-refractivity contribution in [2.45, 2.75) is 6.42 Å². The van der Waals surface area contributed by atoms with Crippen LogP contribution in [-0.2, 0) is 0 Å². The molecular formula is C13H17BrN2. The predicted molar refractivity (Wildman–Crippen MR) is 70.8 cm³/mol. The van der Waals surface area contributed by atoms with Gasteiger partial charge in [-0.05, 0) is 59.4 Å². The van der Waals surface area contributed by atoms with E-state index in [0.29, 0.717) is 0 Å².